The third kappa shape index (κ3) is 2.47. The molecule has 26 heavy (non-hydrogen) atoms. The summed E-state index contributed by atoms with van der Waals surface area (Å²) in [5.74, 6) is 0.873. The maximum atomic E-state index is 6.27. The minimum Gasteiger partial charge on any atom is -0.432 e. The number of hydrogen-bond donors (Lipinski definition) is 0. The minimum absolute atomic E-state index is 0.722. The monoisotopic (exact) mass is 352 g/mol. The molecule has 0 N–H and O–H groups in total. The SMILES string of the molecule is CCCc1nc2oc3c(N4CCOCC4)ncnc3c2c2c1CCCC2. The van der Waals surface area contributed by atoms with Crippen molar-refractivity contribution in [3.8, 4) is 0 Å². The van der Waals surface area contributed by atoms with Crippen molar-refractivity contribution in [2.45, 2.75) is 45.4 Å². The second kappa shape index (κ2) is 6.50. The number of fused-ring (bicyclic) bond motifs is 5. The number of aryl methyl sites for hydroxylation is 2. The van der Waals surface area contributed by atoms with E-state index in [0.29, 0.717) is 0 Å². The molecule has 1 aliphatic heterocycles. The van der Waals surface area contributed by atoms with E-state index in [1.54, 1.807) is 6.33 Å². The van der Waals surface area contributed by atoms with E-state index in [9.17, 15) is 0 Å². The highest BCUT2D eigenvalue weighted by molar-refractivity contribution is 6.06. The first-order valence-corrected chi connectivity index (χ1v) is 9.77. The molecule has 2 aliphatic rings. The molecule has 3 aromatic rings. The average molecular weight is 352 g/mol. The zero-order chi connectivity index (χ0) is 17.5. The molecule has 0 unspecified atom stereocenters. The van der Waals surface area contributed by atoms with Crippen LogP contribution >= 0.6 is 0 Å². The number of nitrogens with zero attached hydrogens (tertiary/aromatic N) is 4. The van der Waals surface area contributed by atoms with E-state index in [-0.39, 0.29) is 0 Å². The fourth-order valence-electron chi connectivity index (χ4n) is 4.37. The molecule has 1 fully saturated rings. The Morgan fingerprint density at radius 2 is 1.88 bits per heavy atom. The van der Waals surface area contributed by atoms with Gasteiger partial charge in [-0.1, -0.05) is 13.3 Å². The van der Waals surface area contributed by atoms with Crippen molar-refractivity contribution in [2.24, 2.45) is 0 Å². The lowest BCUT2D eigenvalue weighted by molar-refractivity contribution is 0.122. The predicted molar refractivity (Wildman–Crippen MR) is 101 cm³/mol. The number of aromatic nitrogens is 3. The molecule has 0 atom stereocenters. The molecule has 136 valence electrons. The van der Waals surface area contributed by atoms with Gasteiger partial charge in [-0.15, -0.1) is 0 Å². The predicted octanol–water partition coefficient (Wildman–Crippen LogP) is 3.44. The first-order chi connectivity index (χ1) is 12.9. The summed E-state index contributed by atoms with van der Waals surface area (Å²) in [6.07, 6.45) is 8.48. The van der Waals surface area contributed by atoms with E-state index in [1.807, 2.05) is 0 Å². The first kappa shape index (κ1) is 16.0. The van der Waals surface area contributed by atoms with E-state index in [0.717, 1.165) is 80.0 Å². The van der Waals surface area contributed by atoms with Crippen LogP contribution in [0.3, 0.4) is 0 Å². The second-order valence-corrected chi connectivity index (χ2v) is 7.23. The average Bonchev–Trinajstić information content (AvgIpc) is 3.07. The Hall–Kier alpha value is -2.21. The van der Waals surface area contributed by atoms with E-state index >= 15 is 0 Å². The normalized spacial score (nSPS) is 17.8. The van der Waals surface area contributed by atoms with Crippen molar-refractivity contribution in [3.63, 3.8) is 0 Å². The van der Waals surface area contributed by atoms with Crippen molar-refractivity contribution in [3.05, 3.63) is 23.1 Å². The summed E-state index contributed by atoms with van der Waals surface area (Å²) in [5.41, 5.74) is 6.51. The molecule has 5 rings (SSSR count). The summed E-state index contributed by atoms with van der Waals surface area (Å²) in [6, 6.07) is 0. The summed E-state index contributed by atoms with van der Waals surface area (Å²) in [5, 5.41) is 1.12. The van der Waals surface area contributed by atoms with E-state index in [2.05, 4.69) is 21.8 Å². The Labute approximate surface area is 152 Å². The number of morpholine rings is 1. The third-order valence-electron chi connectivity index (χ3n) is 5.59. The van der Waals surface area contributed by atoms with Gasteiger partial charge in [-0.3, -0.25) is 0 Å². The highest BCUT2D eigenvalue weighted by atomic mass is 16.5. The van der Waals surface area contributed by atoms with Gasteiger partial charge in [0.2, 0.25) is 5.71 Å². The molecule has 0 spiro atoms. The third-order valence-corrected chi connectivity index (χ3v) is 5.59. The van der Waals surface area contributed by atoms with Crippen molar-refractivity contribution >= 4 is 28.0 Å². The van der Waals surface area contributed by atoms with Crippen molar-refractivity contribution in [1.82, 2.24) is 15.0 Å². The smallest absolute Gasteiger partial charge is 0.229 e. The van der Waals surface area contributed by atoms with Crippen molar-refractivity contribution in [2.75, 3.05) is 31.2 Å². The van der Waals surface area contributed by atoms with Crippen LogP contribution in [0, 0.1) is 0 Å². The molecular formula is C20H24N4O2. The summed E-state index contributed by atoms with van der Waals surface area (Å²) in [6.45, 7) is 5.31. The molecular weight excluding hydrogens is 328 g/mol. The maximum Gasteiger partial charge on any atom is 0.229 e. The Balaban J connectivity index is 1.76. The molecule has 0 amide bonds. The number of pyridine rings is 1. The van der Waals surface area contributed by atoms with Crippen LogP contribution in [0.2, 0.25) is 0 Å². The Morgan fingerprint density at radius 1 is 1.08 bits per heavy atom. The van der Waals surface area contributed by atoms with Crippen molar-refractivity contribution in [1.29, 1.82) is 0 Å². The molecule has 0 saturated carbocycles. The van der Waals surface area contributed by atoms with E-state index < -0.39 is 0 Å². The van der Waals surface area contributed by atoms with Crippen LogP contribution < -0.4 is 4.90 Å². The summed E-state index contributed by atoms with van der Waals surface area (Å²) >= 11 is 0. The van der Waals surface area contributed by atoms with Gasteiger partial charge in [0, 0.05) is 18.8 Å². The second-order valence-electron chi connectivity index (χ2n) is 7.23. The Kier molecular flexibility index (Phi) is 4.00. The molecule has 3 aromatic heterocycles. The number of furan rings is 1. The number of ether oxygens (including phenoxy) is 1. The van der Waals surface area contributed by atoms with Crippen LogP contribution in [-0.2, 0) is 24.0 Å². The van der Waals surface area contributed by atoms with Crippen molar-refractivity contribution < 1.29 is 9.15 Å². The lowest BCUT2D eigenvalue weighted by atomic mass is 9.88. The summed E-state index contributed by atoms with van der Waals surface area (Å²) < 4.78 is 11.8. The van der Waals surface area contributed by atoms with Gasteiger partial charge in [0.25, 0.3) is 0 Å². The number of rotatable bonds is 3. The van der Waals surface area contributed by atoms with Gasteiger partial charge in [0.05, 0.1) is 18.6 Å². The molecule has 0 radical (unpaired) electrons. The standard InChI is InChI=1S/C20H24N4O2/c1-2-5-15-13-6-3-4-7-14(13)16-17-18(26-20(16)23-15)19(22-12-21-17)24-8-10-25-11-9-24/h12H,2-11H2,1H3. The molecule has 0 bridgehead atoms. The van der Waals surface area contributed by atoms with Crippen LogP contribution in [0.25, 0.3) is 22.2 Å². The lowest BCUT2D eigenvalue weighted by Gasteiger charge is -2.27. The summed E-state index contributed by atoms with van der Waals surface area (Å²) in [4.78, 5) is 16.3. The topological polar surface area (TPSA) is 64.3 Å². The van der Waals surface area contributed by atoms with Gasteiger partial charge in [-0.05, 0) is 43.2 Å². The molecule has 1 saturated heterocycles. The van der Waals surface area contributed by atoms with Gasteiger partial charge in [0.1, 0.15) is 11.8 Å². The number of hydrogen-bond acceptors (Lipinski definition) is 6. The lowest BCUT2D eigenvalue weighted by Crippen LogP contribution is -2.36. The molecule has 1 aliphatic carbocycles. The van der Waals surface area contributed by atoms with Gasteiger partial charge in [-0.25, -0.2) is 15.0 Å². The van der Waals surface area contributed by atoms with Crippen LogP contribution in [0.1, 0.15) is 43.0 Å². The van der Waals surface area contributed by atoms with E-state index in [1.165, 1.54) is 29.7 Å². The van der Waals surface area contributed by atoms with Crippen LogP contribution in [0.15, 0.2) is 10.7 Å². The maximum absolute atomic E-state index is 6.27. The molecule has 6 heteroatoms. The largest absolute Gasteiger partial charge is 0.432 e. The zero-order valence-corrected chi connectivity index (χ0v) is 15.3. The fourth-order valence-corrected chi connectivity index (χ4v) is 4.37. The van der Waals surface area contributed by atoms with Gasteiger partial charge in [-0.2, -0.15) is 0 Å². The first-order valence-electron chi connectivity index (χ1n) is 9.77. The van der Waals surface area contributed by atoms with Crippen LogP contribution in [-0.4, -0.2) is 41.3 Å². The molecule has 4 heterocycles. The highest BCUT2D eigenvalue weighted by Crippen LogP contribution is 2.38. The van der Waals surface area contributed by atoms with Gasteiger partial charge >= 0.3 is 0 Å². The molecule has 0 aromatic carbocycles. The summed E-state index contributed by atoms with van der Waals surface area (Å²) in [7, 11) is 0. The van der Waals surface area contributed by atoms with E-state index in [4.69, 9.17) is 14.1 Å². The fraction of sp³-hybridized carbons (Fsp3) is 0.550. The Morgan fingerprint density at radius 3 is 2.69 bits per heavy atom. The Bertz CT molecular complexity index is 959. The van der Waals surface area contributed by atoms with Gasteiger partial charge in [0.15, 0.2) is 11.4 Å². The zero-order valence-electron chi connectivity index (χ0n) is 15.3. The highest BCUT2D eigenvalue weighted by Gasteiger charge is 2.25. The minimum atomic E-state index is 0.722. The quantitative estimate of drug-likeness (QED) is 0.719. The number of anilines is 1. The van der Waals surface area contributed by atoms with Gasteiger partial charge < -0.3 is 14.1 Å². The van der Waals surface area contributed by atoms with Crippen LogP contribution in [0.5, 0.6) is 0 Å². The molecule has 6 nitrogen and oxygen atoms in total. The van der Waals surface area contributed by atoms with Crippen LogP contribution in [0.4, 0.5) is 5.82 Å².